The number of amides is 1. The van der Waals surface area contributed by atoms with Crippen LogP contribution in [0.15, 0.2) is 0 Å². The lowest BCUT2D eigenvalue weighted by atomic mass is 9.45. The molecule has 1 heterocycles. The van der Waals surface area contributed by atoms with Crippen LogP contribution in [0, 0.1) is 51.8 Å². The number of hydrogen-bond donors (Lipinski definition) is 0. The number of carbonyl (C=O) groups is 1. The van der Waals surface area contributed by atoms with Gasteiger partial charge in [0.25, 0.3) is 0 Å². The number of piperidine rings is 1. The molecular weight excluding hydrogens is 296 g/mol. The summed E-state index contributed by atoms with van der Waals surface area (Å²) in [6.45, 7) is 7.36. The van der Waals surface area contributed by atoms with Gasteiger partial charge in [-0.3, -0.25) is 4.79 Å². The molecule has 2 unspecified atom stereocenters. The van der Waals surface area contributed by atoms with Crippen molar-refractivity contribution < 1.29 is 4.79 Å². The third kappa shape index (κ3) is 2.04. The number of rotatable bonds is 0. The van der Waals surface area contributed by atoms with E-state index < -0.39 is 0 Å². The van der Waals surface area contributed by atoms with Crippen molar-refractivity contribution in [1.29, 1.82) is 5.26 Å². The van der Waals surface area contributed by atoms with E-state index in [0.717, 1.165) is 49.9 Å². The first-order valence-electron chi connectivity index (χ1n) is 9.95. The molecule has 0 aromatic carbocycles. The lowest BCUT2D eigenvalue weighted by molar-refractivity contribution is -0.164. The van der Waals surface area contributed by atoms with Gasteiger partial charge < -0.3 is 4.90 Å². The SMILES string of the molecule is CC1C[C@H]2N(C)C(=O)CC[C@]2(C)[C@H]2CC[C@]3(C)C[C@@H](C#N)C[C@H]3C12. The van der Waals surface area contributed by atoms with Crippen molar-refractivity contribution >= 4 is 5.91 Å². The zero-order chi connectivity index (χ0) is 17.3. The van der Waals surface area contributed by atoms with Gasteiger partial charge in [-0.15, -0.1) is 0 Å². The van der Waals surface area contributed by atoms with Crippen molar-refractivity contribution in [3.63, 3.8) is 0 Å². The van der Waals surface area contributed by atoms with Crippen molar-refractivity contribution in [1.82, 2.24) is 4.90 Å². The second-order valence-corrected chi connectivity index (χ2v) is 9.99. The van der Waals surface area contributed by atoms with E-state index in [4.69, 9.17) is 0 Å². The molecular formula is C21H32N2O. The monoisotopic (exact) mass is 328 g/mol. The minimum Gasteiger partial charge on any atom is -0.342 e. The molecule has 0 N–H and O–H groups in total. The fourth-order valence-electron chi connectivity index (χ4n) is 7.62. The number of fused-ring (bicyclic) bond motifs is 5. The molecule has 1 saturated heterocycles. The van der Waals surface area contributed by atoms with Crippen molar-refractivity contribution in [2.24, 2.45) is 40.4 Å². The number of hydrogen-bond acceptors (Lipinski definition) is 2. The van der Waals surface area contributed by atoms with E-state index in [1.54, 1.807) is 0 Å². The molecule has 3 saturated carbocycles. The molecule has 3 heteroatoms. The molecule has 3 aliphatic carbocycles. The Balaban J connectivity index is 1.69. The number of nitrogens with zero attached hydrogens (tertiary/aromatic N) is 2. The van der Waals surface area contributed by atoms with E-state index in [9.17, 15) is 10.1 Å². The lowest BCUT2D eigenvalue weighted by Gasteiger charge is -2.63. The first-order valence-corrected chi connectivity index (χ1v) is 9.95. The molecule has 0 aromatic heterocycles. The molecule has 132 valence electrons. The van der Waals surface area contributed by atoms with Crippen LogP contribution in [0.25, 0.3) is 0 Å². The zero-order valence-corrected chi connectivity index (χ0v) is 15.7. The van der Waals surface area contributed by atoms with Gasteiger partial charge in [0.15, 0.2) is 0 Å². The Morgan fingerprint density at radius 1 is 1.21 bits per heavy atom. The second kappa shape index (κ2) is 5.23. The van der Waals surface area contributed by atoms with Gasteiger partial charge in [-0.1, -0.05) is 20.8 Å². The lowest BCUT2D eigenvalue weighted by Crippen LogP contribution is -2.62. The van der Waals surface area contributed by atoms with Gasteiger partial charge in [0, 0.05) is 25.4 Å². The maximum atomic E-state index is 12.3. The number of nitriles is 1. The van der Waals surface area contributed by atoms with Gasteiger partial charge >= 0.3 is 0 Å². The third-order valence-corrected chi connectivity index (χ3v) is 8.88. The van der Waals surface area contributed by atoms with Crippen LogP contribution in [0.1, 0.15) is 65.7 Å². The second-order valence-electron chi connectivity index (χ2n) is 9.99. The molecule has 4 aliphatic rings. The first kappa shape index (κ1) is 16.4. The molecule has 4 fully saturated rings. The maximum absolute atomic E-state index is 12.3. The molecule has 8 atom stereocenters. The van der Waals surface area contributed by atoms with Crippen molar-refractivity contribution in [3.05, 3.63) is 0 Å². The molecule has 0 spiro atoms. The van der Waals surface area contributed by atoms with Gasteiger partial charge in [0.2, 0.25) is 5.91 Å². The fraction of sp³-hybridized carbons (Fsp3) is 0.905. The van der Waals surface area contributed by atoms with E-state index in [1.807, 2.05) is 7.05 Å². The molecule has 0 aromatic rings. The molecule has 24 heavy (non-hydrogen) atoms. The molecule has 1 aliphatic heterocycles. The van der Waals surface area contributed by atoms with E-state index in [1.165, 1.54) is 12.8 Å². The van der Waals surface area contributed by atoms with Crippen LogP contribution in [0.2, 0.25) is 0 Å². The summed E-state index contributed by atoms with van der Waals surface area (Å²) in [6.07, 6.45) is 7.77. The van der Waals surface area contributed by atoms with Gasteiger partial charge in [-0.25, -0.2) is 0 Å². The van der Waals surface area contributed by atoms with Crippen molar-refractivity contribution in [3.8, 4) is 6.07 Å². The largest absolute Gasteiger partial charge is 0.342 e. The average Bonchev–Trinajstić information content (AvgIpc) is 2.90. The summed E-state index contributed by atoms with van der Waals surface area (Å²) in [5.74, 6) is 3.49. The minimum absolute atomic E-state index is 0.270. The van der Waals surface area contributed by atoms with Crippen molar-refractivity contribution in [2.45, 2.75) is 71.8 Å². The number of carbonyl (C=O) groups excluding carboxylic acids is 1. The van der Waals surface area contributed by atoms with Crippen LogP contribution >= 0.6 is 0 Å². The average molecular weight is 328 g/mol. The molecule has 0 bridgehead atoms. The highest BCUT2D eigenvalue weighted by Crippen LogP contribution is 2.66. The number of likely N-dealkylation sites (tertiary alicyclic amines) is 1. The van der Waals surface area contributed by atoms with Gasteiger partial charge in [-0.05, 0) is 73.0 Å². The summed E-state index contributed by atoms with van der Waals surface area (Å²) in [5, 5.41) is 9.50. The molecule has 3 nitrogen and oxygen atoms in total. The van der Waals surface area contributed by atoms with Gasteiger partial charge in [0.1, 0.15) is 0 Å². The van der Waals surface area contributed by atoms with Gasteiger partial charge in [-0.2, -0.15) is 5.26 Å². The van der Waals surface area contributed by atoms with Crippen LogP contribution in [-0.4, -0.2) is 23.9 Å². The normalized spacial score (nSPS) is 53.8. The Labute approximate surface area is 146 Å². The standard InChI is InChI=1S/C21H32N2O/c1-13-9-17-21(3,8-6-18(24)23(17)4)15-5-7-20(2)11-14(12-22)10-16(20)19(13)15/h13-17,19H,5-11H2,1-4H3/t13?,14-,15-,16-,17+,19?,20+,21+/m0/s1. The maximum Gasteiger partial charge on any atom is 0.222 e. The Morgan fingerprint density at radius 3 is 2.67 bits per heavy atom. The molecule has 0 radical (unpaired) electrons. The fourth-order valence-corrected chi connectivity index (χ4v) is 7.62. The van der Waals surface area contributed by atoms with E-state index in [2.05, 4.69) is 31.7 Å². The summed E-state index contributed by atoms with van der Waals surface area (Å²) in [6, 6.07) is 3.01. The Hall–Kier alpha value is -1.04. The zero-order valence-electron chi connectivity index (χ0n) is 15.7. The summed E-state index contributed by atoms with van der Waals surface area (Å²) in [4.78, 5) is 14.3. The summed E-state index contributed by atoms with van der Waals surface area (Å²) < 4.78 is 0. The van der Waals surface area contributed by atoms with Crippen LogP contribution in [-0.2, 0) is 4.79 Å². The van der Waals surface area contributed by atoms with Gasteiger partial charge in [0.05, 0.1) is 6.07 Å². The first-order chi connectivity index (χ1) is 11.3. The predicted octanol–water partition coefficient (Wildman–Crippen LogP) is 4.24. The third-order valence-electron chi connectivity index (χ3n) is 8.88. The smallest absolute Gasteiger partial charge is 0.222 e. The van der Waals surface area contributed by atoms with E-state index >= 15 is 0 Å². The Kier molecular flexibility index (Phi) is 3.58. The van der Waals surface area contributed by atoms with Crippen LogP contribution in [0.5, 0.6) is 0 Å². The Morgan fingerprint density at radius 2 is 1.96 bits per heavy atom. The van der Waals surface area contributed by atoms with E-state index in [-0.39, 0.29) is 11.3 Å². The molecule has 4 rings (SSSR count). The highest BCUT2D eigenvalue weighted by Gasteiger charge is 2.62. The summed E-state index contributed by atoms with van der Waals surface area (Å²) in [5.41, 5.74) is 0.668. The van der Waals surface area contributed by atoms with Crippen LogP contribution in [0.3, 0.4) is 0 Å². The highest BCUT2D eigenvalue weighted by molar-refractivity contribution is 5.77. The molecule has 1 amide bonds. The van der Waals surface area contributed by atoms with E-state index in [0.29, 0.717) is 23.3 Å². The Bertz CT molecular complexity index is 595. The predicted molar refractivity (Wildman–Crippen MR) is 93.8 cm³/mol. The quantitative estimate of drug-likeness (QED) is 0.668. The van der Waals surface area contributed by atoms with Crippen molar-refractivity contribution in [2.75, 3.05) is 7.05 Å². The topological polar surface area (TPSA) is 44.1 Å². The summed E-state index contributed by atoms with van der Waals surface area (Å²) in [7, 11) is 2.03. The van der Waals surface area contributed by atoms with Crippen LogP contribution < -0.4 is 0 Å². The minimum atomic E-state index is 0.270. The highest BCUT2D eigenvalue weighted by atomic mass is 16.2. The summed E-state index contributed by atoms with van der Waals surface area (Å²) >= 11 is 0. The van der Waals surface area contributed by atoms with Crippen LogP contribution in [0.4, 0.5) is 0 Å².